The summed E-state index contributed by atoms with van der Waals surface area (Å²) in [5, 5.41) is 7.75. The van der Waals surface area contributed by atoms with Crippen molar-refractivity contribution in [1.29, 1.82) is 0 Å². The van der Waals surface area contributed by atoms with Crippen molar-refractivity contribution >= 4 is 39.5 Å². The third-order valence-electron chi connectivity index (χ3n) is 8.09. The lowest BCUT2D eigenvalue weighted by atomic mass is 9.75. The highest BCUT2D eigenvalue weighted by Crippen LogP contribution is 2.46. The Hall–Kier alpha value is -4.77. The van der Waals surface area contributed by atoms with Crippen LogP contribution in [0.15, 0.2) is 60.1 Å². The van der Waals surface area contributed by atoms with E-state index in [1.165, 1.54) is 42.7 Å². The number of benzene rings is 2. The van der Waals surface area contributed by atoms with E-state index in [0.29, 0.717) is 10.5 Å². The maximum Gasteiger partial charge on any atom is 0.305 e. The molecule has 51 heavy (non-hydrogen) atoms. The fourth-order valence-electron chi connectivity index (χ4n) is 5.96. The van der Waals surface area contributed by atoms with E-state index < -0.39 is 63.6 Å². The highest BCUT2D eigenvalue weighted by molar-refractivity contribution is 7.89. The van der Waals surface area contributed by atoms with Gasteiger partial charge in [-0.25, -0.2) is 36.2 Å². The minimum atomic E-state index is -3.72. The third-order valence-corrected chi connectivity index (χ3v) is 9.29. The molecule has 0 saturated carbocycles. The fourth-order valence-corrected chi connectivity index (χ4v) is 6.68. The number of ether oxygens (including phenoxy) is 1. The van der Waals surface area contributed by atoms with Crippen LogP contribution in [0.5, 0.6) is 0 Å². The van der Waals surface area contributed by atoms with Crippen LogP contribution in [0.3, 0.4) is 0 Å². The predicted molar refractivity (Wildman–Crippen MR) is 182 cm³/mol. The van der Waals surface area contributed by atoms with Gasteiger partial charge in [-0.1, -0.05) is 57.5 Å². The maximum absolute atomic E-state index is 15.9. The number of hydrogen-bond acceptors (Lipinski definition) is 10. The van der Waals surface area contributed by atoms with Crippen molar-refractivity contribution in [2.24, 2.45) is 16.1 Å². The van der Waals surface area contributed by atoms with E-state index in [9.17, 15) is 26.8 Å². The second-order valence-electron chi connectivity index (χ2n) is 13.3. The Bertz CT molecular complexity index is 2110. The fraction of sp³-hybridized carbons (Fsp3) is 0.394. The molecule has 3 heterocycles. The molecule has 2 aromatic heterocycles. The monoisotopic (exact) mass is 748 g/mol. The SMILES string of the molecule is CCCC(=O)OC[C@H](c1ccc(Cl)c(-n2ncnc2C(F)F)c1)N1C(=O)[C@@](CC(C)(C)C)(c2ccc(-c3cnn(S(C)(=O)=O)c3)c(F)c2)N=C1N. The van der Waals surface area contributed by atoms with E-state index in [-0.39, 0.29) is 51.8 Å². The number of alkyl halides is 2. The topological polar surface area (TPSA) is 168 Å². The number of hydrogen-bond donors (Lipinski definition) is 1. The van der Waals surface area contributed by atoms with Crippen molar-refractivity contribution in [3.8, 4) is 16.8 Å². The van der Waals surface area contributed by atoms with E-state index in [1.54, 1.807) is 6.92 Å². The van der Waals surface area contributed by atoms with Gasteiger partial charge in [0.2, 0.25) is 0 Å². The molecule has 1 aliphatic rings. The van der Waals surface area contributed by atoms with Crippen LogP contribution in [0.1, 0.15) is 76.4 Å². The van der Waals surface area contributed by atoms with Crippen LogP contribution < -0.4 is 5.73 Å². The van der Waals surface area contributed by atoms with Gasteiger partial charge >= 0.3 is 5.97 Å². The van der Waals surface area contributed by atoms with Gasteiger partial charge in [0.15, 0.2) is 17.3 Å². The summed E-state index contributed by atoms with van der Waals surface area (Å²) in [6.07, 6.45) is 1.95. The minimum Gasteiger partial charge on any atom is -0.463 e. The van der Waals surface area contributed by atoms with Crippen LogP contribution in [0.2, 0.25) is 5.02 Å². The van der Waals surface area contributed by atoms with Crippen LogP contribution in [-0.4, -0.2) is 68.0 Å². The normalized spacial score (nSPS) is 17.3. The van der Waals surface area contributed by atoms with Gasteiger partial charge in [-0.2, -0.15) is 14.3 Å². The zero-order valence-corrected chi connectivity index (χ0v) is 29.9. The average molecular weight is 749 g/mol. The third kappa shape index (κ3) is 7.63. The predicted octanol–water partition coefficient (Wildman–Crippen LogP) is 5.54. The molecule has 0 saturated heterocycles. The molecule has 272 valence electrons. The Morgan fingerprint density at radius 1 is 1.14 bits per heavy atom. The number of amides is 1. The Kier molecular flexibility index (Phi) is 10.4. The number of carbonyl (C=O) groups excluding carboxylic acids is 2. The number of nitrogens with two attached hydrogens (primary N) is 1. The lowest BCUT2D eigenvalue weighted by molar-refractivity contribution is -0.147. The molecule has 1 amide bonds. The van der Waals surface area contributed by atoms with Crippen LogP contribution in [0.25, 0.3) is 16.8 Å². The lowest BCUT2D eigenvalue weighted by Crippen LogP contribution is -2.47. The van der Waals surface area contributed by atoms with Crippen molar-refractivity contribution in [2.75, 3.05) is 12.9 Å². The molecule has 0 spiro atoms. The van der Waals surface area contributed by atoms with Crippen LogP contribution >= 0.6 is 11.6 Å². The molecule has 2 N–H and O–H groups in total. The van der Waals surface area contributed by atoms with Gasteiger partial charge in [0.25, 0.3) is 22.4 Å². The highest BCUT2D eigenvalue weighted by Gasteiger charge is 2.53. The molecule has 0 unspecified atom stereocenters. The average Bonchev–Trinajstić information content (AvgIpc) is 3.77. The molecule has 5 rings (SSSR count). The van der Waals surface area contributed by atoms with E-state index in [4.69, 9.17) is 22.1 Å². The minimum absolute atomic E-state index is 0.0202. The smallest absolute Gasteiger partial charge is 0.305 e. The molecule has 0 radical (unpaired) electrons. The number of esters is 1. The number of guanidine groups is 1. The standard InChI is InChI=1S/C33H36ClF3N8O5S/c1-6-7-27(46)50-16-26(19-8-11-23(34)25(12-19)45-29(28(36)37)39-18-41-45)44-30(47)33(42-31(44)38,17-32(2,3)4)21-9-10-22(24(35)13-21)20-14-40-43(15-20)51(5,48)49/h8-15,18,26,28H,6-7,16-17H2,1-5H3,(H2,38,42)/t26-,33-/m1/s1. The molecule has 0 fully saturated rings. The van der Waals surface area contributed by atoms with Crippen LogP contribution in [0.4, 0.5) is 13.2 Å². The molecule has 2 aromatic carbocycles. The second-order valence-corrected chi connectivity index (χ2v) is 15.5. The molecular formula is C33H36ClF3N8O5S. The highest BCUT2D eigenvalue weighted by atomic mass is 35.5. The lowest BCUT2D eigenvalue weighted by Gasteiger charge is -2.35. The molecule has 1 aliphatic heterocycles. The number of nitrogens with zero attached hydrogens (tertiary/aromatic N) is 7. The maximum atomic E-state index is 15.9. The van der Waals surface area contributed by atoms with Gasteiger partial charge < -0.3 is 10.5 Å². The van der Waals surface area contributed by atoms with Gasteiger partial charge in [0, 0.05) is 17.5 Å². The second kappa shape index (κ2) is 14.1. The zero-order valence-electron chi connectivity index (χ0n) is 28.3. The summed E-state index contributed by atoms with van der Waals surface area (Å²) in [4.78, 5) is 36.9. The van der Waals surface area contributed by atoms with Gasteiger partial charge in [-0.3, -0.25) is 14.5 Å². The van der Waals surface area contributed by atoms with Gasteiger partial charge in [-0.05, 0) is 47.6 Å². The zero-order chi connectivity index (χ0) is 37.5. The van der Waals surface area contributed by atoms with Crippen molar-refractivity contribution in [2.45, 2.75) is 65.0 Å². The number of carbonyl (C=O) groups is 2. The first-order chi connectivity index (χ1) is 23.9. The van der Waals surface area contributed by atoms with Crippen molar-refractivity contribution in [1.82, 2.24) is 28.9 Å². The van der Waals surface area contributed by atoms with Gasteiger partial charge in [-0.15, -0.1) is 0 Å². The Morgan fingerprint density at radius 2 is 1.86 bits per heavy atom. The summed E-state index contributed by atoms with van der Waals surface area (Å²) in [7, 11) is -3.72. The van der Waals surface area contributed by atoms with E-state index in [2.05, 4.69) is 20.2 Å². The van der Waals surface area contributed by atoms with E-state index >= 15 is 4.39 Å². The molecule has 4 aromatic rings. The molecular weight excluding hydrogens is 713 g/mol. The number of aromatic nitrogens is 5. The van der Waals surface area contributed by atoms with Crippen molar-refractivity contribution in [3.05, 3.63) is 82.9 Å². The van der Waals surface area contributed by atoms with Crippen LogP contribution in [0, 0.1) is 11.2 Å². The van der Waals surface area contributed by atoms with Gasteiger partial charge in [0.05, 0.1) is 35.4 Å². The largest absolute Gasteiger partial charge is 0.463 e. The Labute approximate surface area is 297 Å². The van der Waals surface area contributed by atoms with Crippen molar-refractivity contribution in [3.63, 3.8) is 0 Å². The molecule has 18 heteroatoms. The Morgan fingerprint density at radius 3 is 2.47 bits per heavy atom. The first kappa shape index (κ1) is 37.5. The van der Waals surface area contributed by atoms with E-state index in [0.717, 1.165) is 28.2 Å². The first-order valence-electron chi connectivity index (χ1n) is 15.7. The van der Waals surface area contributed by atoms with E-state index in [1.807, 2.05) is 20.8 Å². The van der Waals surface area contributed by atoms with Gasteiger partial charge in [0.1, 0.15) is 18.8 Å². The Balaban J connectivity index is 1.62. The number of halogens is 4. The molecule has 0 bridgehead atoms. The summed E-state index contributed by atoms with van der Waals surface area (Å²) in [6, 6.07) is 7.27. The first-order valence-corrected chi connectivity index (χ1v) is 18.0. The summed E-state index contributed by atoms with van der Waals surface area (Å²) in [5.74, 6) is -2.91. The summed E-state index contributed by atoms with van der Waals surface area (Å²) >= 11 is 6.43. The summed E-state index contributed by atoms with van der Waals surface area (Å²) in [5.41, 5.74) is 4.89. The molecule has 0 aliphatic carbocycles. The number of rotatable bonds is 12. The molecule has 2 atom stereocenters. The summed E-state index contributed by atoms with van der Waals surface area (Å²) in [6.45, 7) is 7.00. The quantitative estimate of drug-likeness (QED) is 0.183. The van der Waals surface area contributed by atoms with Crippen molar-refractivity contribution < 1.29 is 35.9 Å². The van der Waals surface area contributed by atoms with Crippen LogP contribution in [-0.2, 0) is 29.9 Å². The molecule has 13 nitrogen and oxygen atoms in total. The summed E-state index contributed by atoms with van der Waals surface area (Å²) < 4.78 is 74.5. The number of aliphatic imine (C=N–C) groups is 1.